The fourth-order valence-corrected chi connectivity index (χ4v) is 2.09. The van der Waals surface area contributed by atoms with Gasteiger partial charge in [0.2, 0.25) is 0 Å². The van der Waals surface area contributed by atoms with E-state index in [-0.39, 0.29) is 5.97 Å². The molecule has 0 saturated heterocycles. The summed E-state index contributed by atoms with van der Waals surface area (Å²) in [6, 6.07) is 0. The van der Waals surface area contributed by atoms with E-state index >= 15 is 0 Å². The lowest BCUT2D eigenvalue weighted by Gasteiger charge is -2.26. The van der Waals surface area contributed by atoms with Crippen molar-refractivity contribution in [3.63, 3.8) is 0 Å². The second-order valence-electron chi connectivity index (χ2n) is 4.10. The van der Waals surface area contributed by atoms with E-state index in [2.05, 4.69) is 0 Å². The standard InChI is InChI=1S/C13H22O3/c1-3-15-12-8-5-11(6-9-12)7-10-13(14)16-4-2/h7,10-12H,3-6,8-9H2,1-2H3/b10-7+. The summed E-state index contributed by atoms with van der Waals surface area (Å²) < 4.78 is 10.4. The van der Waals surface area contributed by atoms with Gasteiger partial charge in [-0.25, -0.2) is 4.79 Å². The molecule has 3 nitrogen and oxygen atoms in total. The number of carbonyl (C=O) groups is 1. The molecule has 1 aliphatic rings. The number of ether oxygens (including phenoxy) is 2. The largest absolute Gasteiger partial charge is 0.463 e. The van der Waals surface area contributed by atoms with Crippen molar-refractivity contribution in [2.24, 2.45) is 5.92 Å². The van der Waals surface area contributed by atoms with Gasteiger partial charge in [0.15, 0.2) is 0 Å². The molecule has 0 aromatic rings. The van der Waals surface area contributed by atoms with E-state index in [4.69, 9.17) is 9.47 Å². The van der Waals surface area contributed by atoms with E-state index in [1.54, 1.807) is 6.08 Å². The van der Waals surface area contributed by atoms with Crippen LogP contribution in [0.15, 0.2) is 12.2 Å². The Morgan fingerprint density at radius 1 is 1.19 bits per heavy atom. The van der Waals surface area contributed by atoms with Gasteiger partial charge in [-0.05, 0) is 45.4 Å². The third kappa shape index (κ3) is 4.79. The van der Waals surface area contributed by atoms with Crippen molar-refractivity contribution in [1.82, 2.24) is 0 Å². The average Bonchev–Trinajstić information content (AvgIpc) is 2.29. The minimum atomic E-state index is -0.227. The number of esters is 1. The highest BCUT2D eigenvalue weighted by Gasteiger charge is 2.19. The van der Waals surface area contributed by atoms with E-state index < -0.39 is 0 Å². The average molecular weight is 226 g/mol. The third-order valence-electron chi connectivity index (χ3n) is 2.91. The number of hydrogen-bond acceptors (Lipinski definition) is 3. The maximum atomic E-state index is 11.1. The van der Waals surface area contributed by atoms with Crippen molar-refractivity contribution in [1.29, 1.82) is 0 Å². The Morgan fingerprint density at radius 3 is 2.44 bits per heavy atom. The monoisotopic (exact) mass is 226 g/mol. The molecule has 1 saturated carbocycles. The highest BCUT2D eigenvalue weighted by atomic mass is 16.5. The minimum Gasteiger partial charge on any atom is -0.463 e. The zero-order valence-corrected chi connectivity index (χ0v) is 10.3. The molecule has 0 heterocycles. The predicted molar refractivity (Wildman–Crippen MR) is 63.1 cm³/mol. The van der Waals surface area contributed by atoms with Crippen molar-refractivity contribution in [2.45, 2.75) is 45.6 Å². The van der Waals surface area contributed by atoms with Gasteiger partial charge in [0, 0.05) is 12.7 Å². The summed E-state index contributed by atoms with van der Waals surface area (Å²) >= 11 is 0. The fraction of sp³-hybridized carbons (Fsp3) is 0.769. The first-order valence-electron chi connectivity index (χ1n) is 6.22. The lowest BCUT2D eigenvalue weighted by Crippen LogP contribution is -2.20. The first-order valence-corrected chi connectivity index (χ1v) is 6.22. The van der Waals surface area contributed by atoms with E-state index in [1.165, 1.54) is 0 Å². The summed E-state index contributed by atoms with van der Waals surface area (Å²) in [5.41, 5.74) is 0. The molecule has 0 bridgehead atoms. The summed E-state index contributed by atoms with van der Waals surface area (Å²) in [6.07, 6.45) is 8.41. The molecule has 0 aromatic heterocycles. The molecule has 1 fully saturated rings. The quantitative estimate of drug-likeness (QED) is 0.534. The molecule has 0 radical (unpaired) electrons. The highest BCUT2D eigenvalue weighted by Crippen LogP contribution is 2.26. The summed E-state index contributed by atoms with van der Waals surface area (Å²) in [5.74, 6) is 0.288. The normalized spacial score (nSPS) is 25.9. The van der Waals surface area contributed by atoms with Gasteiger partial charge in [-0.2, -0.15) is 0 Å². The Hall–Kier alpha value is -0.830. The van der Waals surface area contributed by atoms with Crippen LogP contribution in [0.25, 0.3) is 0 Å². The van der Waals surface area contributed by atoms with Gasteiger partial charge in [-0.3, -0.25) is 0 Å². The zero-order valence-electron chi connectivity index (χ0n) is 10.3. The number of allylic oxidation sites excluding steroid dienone is 1. The molecule has 0 spiro atoms. The fourth-order valence-electron chi connectivity index (χ4n) is 2.09. The van der Waals surface area contributed by atoms with E-state index in [1.807, 2.05) is 19.9 Å². The molecule has 0 aliphatic heterocycles. The molecule has 1 aliphatic carbocycles. The molecule has 3 heteroatoms. The van der Waals surface area contributed by atoms with Crippen LogP contribution in [0.3, 0.4) is 0 Å². The Bertz CT molecular complexity index is 227. The van der Waals surface area contributed by atoms with Crippen LogP contribution >= 0.6 is 0 Å². The summed E-state index contributed by atoms with van der Waals surface area (Å²) in [6.45, 7) is 5.10. The first kappa shape index (κ1) is 13.2. The second-order valence-corrected chi connectivity index (χ2v) is 4.10. The van der Waals surface area contributed by atoms with Crippen molar-refractivity contribution in [3.8, 4) is 0 Å². The zero-order chi connectivity index (χ0) is 11.8. The van der Waals surface area contributed by atoms with Crippen LogP contribution in [0.2, 0.25) is 0 Å². The van der Waals surface area contributed by atoms with E-state index in [9.17, 15) is 4.79 Å². The maximum absolute atomic E-state index is 11.1. The molecule has 16 heavy (non-hydrogen) atoms. The number of hydrogen-bond donors (Lipinski definition) is 0. The van der Waals surface area contributed by atoms with Crippen LogP contribution < -0.4 is 0 Å². The lowest BCUT2D eigenvalue weighted by molar-refractivity contribution is -0.137. The molecule has 0 N–H and O–H groups in total. The van der Waals surface area contributed by atoms with Crippen molar-refractivity contribution < 1.29 is 14.3 Å². The summed E-state index contributed by atoms with van der Waals surface area (Å²) in [5, 5.41) is 0. The van der Waals surface area contributed by atoms with Crippen molar-refractivity contribution in [3.05, 3.63) is 12.2 Å². The Balaban J connectivity index is 2.23. The molecule has 1 rings (SSSR count). The molecular weight excluding hydrogens is 204 g/mol. The van der Waals surface area contributed by atoms with Gasteiger partial charge < -0.3 is 9.47 Å². The highest BCUT2D eigenvalue weighted by molar-refractivity contribution is 5.81. The maximum Gasteiger partial charge on any atom is 0.330 e. The van der Waals surface area contributed by atoms with Crippen LogP contribution in [0, 0.1) is 5.92 Å². The van der Waals surface area contributed by atoms with Gasteiger partial charge in [0.05, 0.1) is 12.7 Å². The molecule has 0 unspecified atom stereocenters. The van der Waals surface area contributed by atoms with Crippen LogP contribution in [0.4, 0.5) is 0 Å². The third-order valence-corrected chi connectivity index (χ3v) is 2.91. The van der Waals surface area contributed by atoms with Gasteiger partial charge in [-0.1, -0.05) is 6.08 Å². The second kappa shape index (κ2) is 7.44. The topological polar surface area (TPSA) is 35.5 Å². The van der Waals surface area contributed by atoms with Gasteiger partial charge >= 0.3 is 5.97 Å². The number of carbonyl (C=O) groups excluding carboxylic acids is 1. The molecule has 92 valence electrons. The van der Waals surface area contributed by atoms with Crippen molar-refractivity contribution >= 4 is 5.97 Å². The number of rotatable bonds is 5. The van der Waals surface area contributed by atoms with E-state index in [0.717, 1.165) is 32.3 Å². The van der Waals surface area contributed by atoms with Crippen LogP contribution in [-0.4, -0.2) is 25.3 Å². The molecule has 0 aromatic carbocycles. The Labute approximate surface area is 97.8 Å². The van der Waals surface area contributed by atoms with Crippen LogP contribution in [0.1, 0.15) is 39.5 Å². The Kier molecular flexibility index (Phi) is 6.16. The molecule has 0 atom stereocenters. The smallest absolute Gasteiger partial charge is 0.330 e. The van der Waals surface area contributed by atoms with Gasteiger partial charge in [0.25, 0.3) is 0 Å². The van der Waals surface area contributed by atoms with Gasteiger partial charge in [-0.15, -0.1) is 0 Å². The summed E-state index contributed by atoms with van der Waals surface area (Å²) in [7, 11) is 0. The predicted octanol–water partition coefficient (Wildman–Crippen LogP) is 2.70. The van der Waals surface area contributed by atoms with Crippen molar-refractivity contribution in [2.75, 3.05) is 13.2 Å². The lowest BCUT2D eigenvalue weighted by atomic mass is 9.87. The van der Waals surface area contributed by atoms with E-state index in [0.29, 0.717) is 18.6 Å². The van der Waals surface area contributed by atoms with Gasteiger partial charge in [0.1, 0.15) is 0 Å². The first-order chi connectivity index (χ1) is 7.76. The van der Waals surface area contributed by atoms with Crippen LogP contribution in [0.5, 0.6) is 0 Å². The minimum absolute atomic E-state index is 0.227. The SMILES string of the molecule is CCOC(=O)/C=C/C1CCC(OCC)CC1. The van der Waals surface area contributed by atoms with Crippen LogP contribution in [-0.2, 0) is 14.3 Å². The molecule has 0 amide bonds. The molecular formula is C13H22O3. The summed E-state index contributed by atoms with van der Waals surface area (Å²) in [4.78, 5) is 11.1. The Morgan fingerprint density at radius 2 is 1.88 bits per heavy atom.